The van der Waals surface area contributed by atoms with Gasteiger partial charge in [0.15, 0.2) is 0 Å². The lowest BCUT2D eigenvalue weighted by Crippen LogP contribution is -2.41. The van der Waals surface area contributed by atoms with E-state index in [1.807, 2.05) is 0 Å². The zero-order valence-electron chi connectivity index (χ0n) is 8.36. The van der Waals surface area contributed by atoms with Crippen molar-refractivity contribution in [2.45, 2.75) is 39.2 Å². The Morgan fingerprint density at radius 2 is 1.77 bits per heavy atom. The van der Waals surface area contributed by atoms with E-state index in [9.17, 15) is 4.79 Å². The first kappa shape index (κ1) is 10.5. The van der Waals surface area contributed by atoms with Crippen LogP contribution in [0.25, 0.3) is 0 Å². The van der Waals surface area contributed by atoms with Crippen LogP contribution in [0, 0.1) is 17.8 Å². The molecule has 0 aromatic heterocycles. The minimum Gasteiger partial charge on any atom is -0.480 e. The molecule has 0 bridgehead atoms. The maximum Gasteiger partial charge on any atom is 0.320 e. The van der Waals surface area contributed by atoms with E-state index < -0.39 is 12.0 Å². The van der Waals surface area contributed by atoms with E-state index in [0.29, 0.717) is 11.8 Å². The topological polar surface area (TPSA) is 63.3 Å². The standard InChI is InChI=1S/C10H19NO2/c1-6-3-7(2)5-8(4-6)9(11)10(12)13/h6-9H,3-5,11H2,1-2H3,(H,12,13). The van der Waals surface area contributed by atoms with Crippen LogP contribution in [0.2, 0.25) is 0 Å². The summed E-state index contributed by atoms with van der Waals surface area (Å²) >= 11 is 0. The molecule has 3 N–H and O–H groups in total. The third kappa shape index (κ3) is 2.69. The van der Waals surface area contributed by atoms with Crippen LogP contribution in [0.5, 0.6) is 0 Å². The average molecular weight is 185 g/mol. The minimum absolute atomic E-state index is 0.177. The normalized spacial score (nSPS) is 37.0. The van der Waals surface area contributed by atoms with E-state index in [1.165, 1.54) is 6.42 Å². The summed E-state index contributed by atoms with van der Waals surface area (Å²) in [6.07, 6.45) is 3.15. The summed E-state index contributed by atoms with van der Waals surface area (Å²) in [4.78, 5) is 10.7. The lowest BCUT2D eigenvalue weighted by atomic mass is 9.74. The lowest BCUT2D eigenvalue weighted by Gasteiger charge is -2.33. The maximum atomic E-state index is 10.7. The summed E-state index contributed by atoms with van der Waals surface area (Å²) in [7, 11) is 0. The van der Waals surface area contributed by atoms with E-state index >= 15 is 0 Å². The van der Waals surface area contributed by atoms with Crippen LogP contribution in [0.4, 0.5) is 0 Å². The molecule has 0 aromatic rings. The number of nitrogens with two attached hydrogens (primary N) is 1. The van der Waals surface area contributed by atoms with Crippen molar-refractivity contribution in [3.05, 3.63) is 0 Å². The second-order valence-corrected chi connectivity index (χ2v) is 4.54. The van der Waals surface area contributed by atoms with Crippen molar-refractivity contribution >= 4 is 5.97 Å². The van der Waals surface area contributed by atoms with Crippen LogP contribution in [-0.2, 0) is 4.79 Å². The molecule has 1 rings (SSSR count). The fraction of sp³-hybridized carbons (Fsp3) is 0.900. The average Bonchev–Trinajstić information content (AvgIpc) is 2.01. The Hall–Kier alpha value is -0.570. The Morgan fingerprint density at radius 1 is 1.31 bits per heavy atom. The summed E-state index contributed by atoms with van der Waals surface area (Å²) < 4.78 is 0. The molecule has 3 nitrogen and oxygen atoms in total. The first-order chi connectivity index (χ1) is 6.00. The molecule has 1 aliphatic carbocycles. The summed E-state index contributed by atoms with van der Waals surface area (Å²) in [5.41, 5.74) is 5.62. The number of carbonyl (C=O) groups is 1. The van der Waals surface area contributed by atoms with Gasteiger partial charge in [-0.25, -0.2) is 0 Å². The highest BCUT2D eigenvalue weighted by Gasteiger charge is 2.31. The molecular weight excluding hydrogens is 166 g/mol. The molecular formula is C10H19NO2. The second-order valence-electron chi connectivity index (χ2n) is 4.54. The van der Waals surface area contributed by atoms with E-state index in [2.05, 4.69) is 13.8 Å². The molecule has 0 aromatic carbocycles. The van der Waals surface area contributed by atoms with Gasteiger partial charge in [-0.1, -0.05) is 13.8 Å². The van der Waals surface area contributed by atoms with Crippen molar-refractivity contribution in [2.75, 3.05) is 0 Å². The van der Waals surface area contributed by atoms with Crippen molar-refractivity contribution in [3.8, 4) is 0 Å². The Bertz CT molecular complexity index is 183. The first-order valence-corrected chi connectivity index (χ1v) is 4.99. The van der Waals surface area contributed by atoms with Crippen LogP contribution in [0.3, 0.4) is 0 Å². The van der Waals surface area contributed by atoms with E-state index in [0.717, 1.165) is 12.8 Å². The smallest absolute Gasteiger partial charge is 0.320 e. The molecule has 1 saturated carbocycles. The van der Waals surface area contributed by atoms with Crippen molar-refractivity contribution < 1.29 is 9.90 Å². The van der Waals surface area contributed by atoms with Crippen molar-refractivity contribution in [3.63, 3.8) is 0 Å². The fourth-order valence-corrected chi connectivity index (χ4v) is 2.50. The van der Waals surface area contributed by atoms with Crippen LogP contribution >= 0.6 is 0 Å². The van der Waals surface area contributed by atoms with Gasteiger partial charge in [0.25, 0.3) is 0 Å². The highest BCUT2D eigenvalue weighted by atomic mass is 16.4. The second kappa shape index (κ2) is 4.09. The van der Waals surface area contributed by atoms with Crippen LogP contribution in [0.15, 0.2) is 0 Å². The van der Waals surface area contributed by atoms with Crippen LogP contribution < -0.4 is 5.73 Å². The van der Waals surface area contributed by atoms with Gasteiger partial charge in [0, 0.05) is 0 Å². The van der Waals surface area contributed by atoms with Crippen molar-refractivity contribution in [2.24, 2.45) is 23.5 Å². The van der Waals surface area contributed by atoms with Crippen molar-refractivity contribution in [1.29, 1.82) is 0 Å². The summed E-state index contributed by atoms with van der Waals surface area (Å²) in [5, 5.41) is 8.78. The van der Waals surface area contributed by atoms with Gasteiger partial charge in [-0.05, 0) is 37.0 Å². The van der Waals surface area contributed by atoms with Crippen LogP contribution in [-0.4, -0.2) is 17.1 Å². The Morgan fingerprint density at radius 3 is 2.15 bits per heavy atom. The molecule has 3 atom stereocenters. The molecule has 0 saturated heterocycles. The van der Waals surface area contributed by atoms with Gasteiger partial charge in [0.1, 0.15) is 6.04 Å². The minimum atomic E-state index is -0.855. The molecule has 0 aliphatic heterocycles. The largest absolute Gasteiger partial charge is 0.480 e. The highest BCUT2D eigenvalue weighted by molar-refractivity contribution is 5.73. The quantitative estimate of drug-likeness (QED) is 0.684. The van der Waals surface area contributed by atoms with Gasteiger partial charge in [0.2, 0.25) is 0 Å². The Labute approximate surface area is 79.3 Å². The van der Waals surface area contributed by atoms with Gasteiger partial charge < -0.3 is 10.8 Å². The lowest BCUT2D eigenvalue weighted by molar-refractivity contribution is -0.140. The van der Waals surface area contributed by atoms with E-state index in [1.54, 1.807) is 0 Å². The Kier molecular flexibility index (Phi) is 3.31. The molecule has 3 heteroatoms. The molecule has 76 valence electrons. The third-order valence-electron chi connectivity index (χ3n) is 3.01. The zero-order chi connectivity index (χ0) is 10.0. The van der Waals surface area contributed by atoms with Gasteiger partial charge in [-0.2, -0.15) is 0 Å². The summed E-state index contributed by atoms with van der Waals surface area (Å²) in [6, 6.07) is -0.662. The molecule has 0 heterocycles. The summed E-state index contributed by atoms with van der Waals surface area (Å²) in [5.74, 6) is 0.570. The molecule has 1 aliphatic rings. The molecule has 0 spiro atoms. The predicted molar refractivity (Wildman–Crippen MR) is 51.3 cm³/mol. The zero-order valence-corrected chi connectivity index (χ0v) is 8.36. The highest BCUT2D eigenvalue weighted by Crippen LogP contribution is 2.34. The molecule has 0 radical (unpaired) electrons. The molecule has 13 heavy (non-hydrogen) atoms. The molecule has 0 amide bonds. The summed E-state index contributed by atoms with van der Waals surface area (Å²) in [6.45, 7) is 4.36. The predicted octanol–water partition coefficient (Wildman–Crippen LogP) is 1.47. The first-order valence-electron chi connectivity index (χ1n) is 4.99. The van der Waals surface area contributed by atoms with Crippen LogP contribution in [0.1, 0.15) is 33.1 Å². The van der Waals surface area contributed by atoms with Gasteiger partial charge >= 0.3 is 5.97 Å². The number of aliphatic carboxylic acids is 1. The fourth-order valence-electron chi connectivity index (χ4n) is 2.50. The number of rotatable bonds is 2. The monoisotopic (exact) mass is 185 g/mol. The SMILES string of the molecule is CC1CC(C)CC(C(N)C(=O)O)C1. The third-order valence-corrected chi connectivity index (χ3v) is 3.01. The van der Waals surface area contributed by atoms with E-state index in [-0.39, 0.29) is 5.92 Å². The number of hydrogen-bond acceptors (Lipinski definition) is 2. The van der Waals surface area contributed by atoms with Gasteiger partial charge in [-0.15, -0.1) is 0 Å². The van der Waals surface area contributed by atoms with Gasteiger partial charge in [-0.3, -0.25) is 4.79 Å². The number of carboxylic acid groups (broad SMARTS) is 1. The Balaban J connectivity index is 2.54. The molecule has 3 unspecified atom stereocenters. The number of carboxylic acids is 1. The van der Waals surface area contributed by atoms with E-state index in [4.69, 9.17) is 10.8 Å². The number of hydrogen-bond donors (Lipinski definition) is 2. The molecule has 1 fully saturated rings. The van der Waals surface area contributed by atoms with Crippen molar-refractivity contribution in [1.82, 2.24) is 0 Å². The van der Waals surface area contributed by atoms with Gasteiger partial charge in [0.05, 0.1) is 0 Å². The maximum absolute atomic E-state index is 10.7.